The second-order valence-corrected chi connectivity index (χ2v) is 4.25. The van der Waals surface area contributed by atoms with Crippen molar-refractivity contribution in [3.8, 4) is 0 Å². The largest absolute Gasteiger partial charge is 0.375 e. The Morgan fingerprint density at radius 2 is 1.76 bits per heavy atom. The lowest BCUT2D eigenvalue weighted by atomic mass is 10.2. The number of amides is 2. The molecule has 0 unspecified atom stereocenters. The highest BCUT2D eigenvalue weighted by molar-refractivity contribution is 6.04. The number of hydrogen-bond donors (Lipinski definition) is 2. The molecule has 0 aliphatic carbocycles. The molecule has 0 atom stereocenters. The monoisotopic (exact) mass is 285 g/mol. The summed E-state index contributed by atoms with van der Waals surface area (Å²) in [6, 6.07) is 10.2. The summed E-state index contributed by atoms with van der Waals surface area (Å²) in [5.41, 5.74) is 1.75. The van der Waals surface area contributed by atoms with Crippen LogP contribution in [-0.4, -0.2) is 30.5 Å². The van der Waals surface area contributed by atoms with Gasteiger partial charge in [0, 0.05) is 30.9 Å². The van der Waals surface area contributed by atoms with Crippen LogP contribution in [0.1, 0.15) is 10.4 Å². The molecule has 2 N–H and O–H groups in total. The predicted octanol–water partition coefficient (Wildman–Crippen LogP) is 1.92. The van der Waals surface area contributed by atoms with Crippen molar-refractivity contribution in [2.75, 3.05) is 24.4 Å². The lowest BCUT2D eigenvalue weighted by Gasteiger charge is -2.07. The molecule has 0 saturated heterocycles. The molecule has 2 rings (SSSR count). The number of carbonyl (C=O) groups is 2. The maximum atomic E-state index is 11.9. The van der Waals surface area contributed by atoms with Gasteiger partial charge in [0.1, 0.15) is 6.61 Å². The predicted molar refractivity (Wildman–Crippen MR) is 79.1 cm³/mol. The van der Waals surface area contributed by atoms with Gasteiger partial charge in [-0.3, -0.25) is 14.6 Å². The van der Waals surface area contributed by atoms with E-state index in [9.17, 15) is 9.59 Å². The Labute approximate surface area is 122 Å². The van der Waals surface area contributed by atoms with E-state index in [0.717, 1.165) is 0 Å². The average molecular weight is 285 g/mol. The number of benzene rings is 1. The SMILES string of the molecule is COCC(=O)Nc1ccc(NC(=O)c2cccnc2)cc1. The molecule has 6 nitrogen and oxygen atoms in total. The molecule has 0 saturated carbocycles. The molecule has 0 radical (unpaired) electrons. The summed E-state index contributed by atoms with van der Waals surface area (Å²) in [5.74, 6) is -0.469. The molecule has 0 spiro atoms. The lowest BCUT2D eigenvalue weighted by molar-refractivity contribution is -0.119. The van der Waals surface area contributed by atoms with Gasteiger partial charge in [0.2, 0.25) is 5.91 Å². The third-order valence-electron chi connectivity index (χ3n) is 2.63. The minimum absolute atomic E-state index is 0.000501. The van der Waals surface area contributed by atoms with Crippen LogP contribution in [0.15, 0.2) is 48.8 Å². The summed E-state index contributed by atoms with van der Waals surface area (Å²) in [7, 11) is 1.46. The number of aromatic nitrogens is 1. The molecule has 21 heavy (non-hydrogen) atoms. The van der Waals surface area contributed by atoms with Crippen LogP contribution in [0, 0.1) is 0 Å². The average Bonchev–Trinajstić information content (AvgIpc) is 2.50. The van der Waals surface area contributed by atoms with Crippen LogP contribution in [0.25, 0.3) is 0 Å². The first-order valence-electron chi connectivity index (χ1n) is 6.29. The Morgan fingerprint density at radius 3 is 2.33 bits per heavy atom. The number of anilines is 2. The fourth-order valence-corrected chi connectivity index (χ4v) is 1.67. The Morgan fingerprint density at radius 1 is 1.10 bits per heavy atom. The van der Waals surface area contributed by atoms with Gasteiger partial charge in [0.15, 0.2) is 0 Å². The topological polar surface area (TPSA) is 80.3 Å². The summed E-state index contributed by atoms with van der Waals surface area (Å²) in [4.78, 5) is 27.2. The standard InChI is InChI=1S/C15H15N3O3/c1-21-10-14(19)17-12-4-6-13(7-5-12)18-15(20)11-3-2-8-16-9-11/h2-9H,10H2,1H3,(H,17,19)(H,18,20). The van der Waals surface area contributed by atoms with E-state index >= 15 is 0 Å². The molecular weight excluding hydrogens is 270 g/mol. The van der Waals surface area contributed by atoms with Gasteiger partial charge in [-0.15, -0.1) is 0 Å². The fourth-order valence-electron chi connectivity index (χ4n) is 1.67. The molecule has 1 heterocycles. The number of hydrogen-bond acceptors (Lipinski definition) is 4. The number of rotatable bonds is 5. The zero-order valence-corrected chi connectivity index (χ0v) is 11.5. The zero-order chi connectivity index (χ0) is 15.1. The van der Waals surface area contributed by atoms with E-state index in [-0.39, 0.29) is 18.4 Å². The van der Waals surface area contributed by atoms with Crippen LogP contribution in [0.3, 0.4) is 0 Å². The maximum absolute atomic E-state index is 11.9. The van der Waals surface area contributed by atoms with Crippen molar-refractivity contribution in [1.82, 2.24) is 4.98 Å². The number of nitrogens with one attached hydrogen (secondary N) is 2. The number of nitrogens with zero attached hydrogens (tertiary/aromatic N) is 1. The van der Waals surface area contributed by atoms with Crippen molar-refractivity contribution in [2.45, 2.75) is 0 Å². The molecule has 0 bridgehead atoms. The highest BCUT2D eigenvalue weighted by Crippen LogP contribution is 2.14. The fraction of sp³-hybridized carbons (Fsp3) is 0.133. The van der Waals surface area contributed by atoms with Gasteiger partial charge in [-0.1, -0.05) is 0 Å². The first-order chi connectivity index (χ1) is 10.2. The van der Waals surface area contributed by atoms with Gasteiger partial charge in [0.05, 0.1) is 5.56 Å². The van der Waals surface area contributed by atoms with Crippen molar-refractivity contribution in [3.05, 3.63) is 54.4 Å². The van der Waals surface area contributed by atoms with Gasteiger partial charge in [-0.2, -0.15) is 0 Å². The van der Waals surface area contributed by atoms with E-state index in [1.807, 2.05) is 0 Å². The van der Waals surface area contributed by atoms with Crippen molar-refractivity contribution in [1.29, 1.82) is 0 Å². The minimum atomic E-state index is -0.237. The Hall–Kier alpha value is -2.73. The van der Waals surface area contributed by atoms with Gasteiger partial charge >= 0.3 is 0 Å². The van der Waals surface area contributed by atoms with E-state index in [0.29, 0.717) is 16.9 Å². The Kier molecular flexibility index (Phi) is 5.00. The minimum Gasteiger partial charge on any atom is -0.375 e. The summed E-state index contributed by atoms with van der Waals surface area (Å²) >= 11 is 0. The summed E-state index contributed by atoms with van der Waals surface area (Å²) < 4.78 is 4.73. The van der Waals surface area contributed by atoms with Crippen molar-refractivity contribution in [2.24, 2.45) is 0 Å². The van der Waals surface area contributed by atoms with Crippen LogP contribution in [0.2, 0.25) is 0 Å². The molecule has 2 aromatic rings. The van der Waals surface area contributed by atoms with Crippen LogP contribution in [0.5, 0.6) is 0 Å². The van der Waals surface area contributed by atoms with Crippen molar-refractivity contribution >= 4 is 23.2 Å². The van der Waals surface area contributed by atoms with E-state index in [1.165, 1.54) is 13.3 Å². The van der Waals surface area contributed by atoms with Gasteiger partial charge in [-0.05, 0) is 36.4 Å². The Balaban J connectivity index is 1.96. The second kappa shape index (κ2) is 7.16. The van der Waals surface area contributed by atoms with E-state index in [4.69, 9.17) is 4.74 Å². The maximum Gasteiger partial charge on any atom is 0.257 e. The number of pyridine rings is 1. The molecule has 0 aliphatic rings. The number of ether oxygens (including phenoxy) is 1. The van der Waals surface area contributed by atoms with E-state index in [1.54, 1.807) is 42.6 Å². The highest BCUT2D eigenvalue weighted by atomic mass is 16.5. The van der Waals surface area contributed by atoms with Crippen molar-refractivity contribution in [3.63, 3.8) is 0 Å². The smallest absolute Gasteiger partial charge is 0.257 e. The van der Waals surface area contributed by atoms with Crippen molar-refractivity contribution < 1.29 is 14.3 Å². The number of methoxy groups -OCH3 is 1. The highest BCUT2D eigenvalue weighted by Gasteiger charge is 2.06. The zero-order valence-electron chi connectivity index (χ0n) is 11.5. The molecule has 108 valence electrons. The summed E-state index contributed by atoms with van der Waals surface area (Å²) in [6.07, 6.45) is 3.10. The molecule has 1 aromatic carbocycles. The van der Waals surface area contributed by atoms with Crippen LogP contribution >= 0.6 is 0 Å². The molecule has 0 aliphatic heterocycles. The lowest BCUT2D eigenvalue weighted by Crippen LogP contribution is -2.17. The Bertz CT molecular complexity index is 612. The molecular formula is C15H15N3O3. The van der Waals surface area contributed by atoms with Crippen LogP contribution < -0.4 is 10.6 Å². The summed E-state index contributed by atoms with van der Waals surface area (Å²) in [6.45, 7) is -0.000501. The van der Waals surface area contributed by atoms with Crippen LogP contribution in [-0.2, 0) is 9.53 Å². The third-order valence-corrected chi connectivity index (χ3v) is 2.63. The van der Waals surface area contributed by atoms with Gasteiger partial charge < -0.3 is 15.4 Å². The quantitative estimate of drug-likeness (QED) is 0.879. The summed E-state index contributed by atoms with van der Waals surface area (Å²) in [5, 5.41) is 5.42. The first-order valence-corrected chi connectivity index (χ1v) is 6.29. The molecule has 0 fully saturated rings. The van der Waals surface area contributed by atoms with E-state index in [2.05, 4.69) is 15.6 Å². The third kappa shape index (κ3) is 4.39. The van der Waals surface area contributed by atoms with Gasteiger partial charge in [0.25, 0.3) is 5.91 Å². The molecule has 1 aromatic heterocycles. The second-order valence-electron chi connectivity index (χ2n) is 4.25. The normalized spacial score (nSPS) is 9.95. The number of carbonyl (C=O) groups excluding carboxylic acids is 2. The van der Waals surface area contributed by atoms with Crippen LogP contribution in [0.4, 0.5) is 11.4 Å². The van der Waals surface area contributed by atoms with Gasteiger partial charge in [-0.25, -0.2) is 0 Å². The van der Waals surface area contributed by atoms with E-state index < -0.39 is 0 Å². The first kappa shape index (κ1) is 14.7. The molecule has 6 heteroatoms. The molecule has 2 amide bonds.